The zero-order valence-corrected chi connectivity index (χ0v) is 21.7. The molecule has 0 radical (unpaired) electrons. The van der Waals surface area contributed by atoms with E-state index in [4.69, 9.17) is 18.9 Å². The van der Waals surface area contributed by atoms with E-state index < -0.39 is 17.7 Å². The highest BCUT2D eigenvalue weighted by Gasteiger charge is 2.47. The summed E-state index contributed by atoms with van der Waals surface area (Å²) in [6.45, 7) is 7.50. The molecular formula is C28H34N2O7. The average molecular weight is 511 g/mol. The summed E-state index contributed by atoms with van der Waals surface area (Å²) < 4.78 is 22.1. The molecule has 2 heterocycles. The second-order valence-corrected chi connectivity index (χ2v) is 9.25. The number of morpholine rings is 1. The highest BCUT2D eigenvalue weighted by Crippen LogP contribution is 2.43. The number of ketones is 1. The van der Waals surface area contributed by atoms with Crippen LogP contribution in [0.3, 0.4) is 0 Å². The van der Waals surface area contributed by atoms with E-state index in [2.05, 4.69) is 4.90 Å². The maximum atomic E-state index is 13.4. The Morgan fingerprint density at radius 2 is 1.68 bits per heavy atom. The van der Waals surface area contributed by atoms with Crippen molar-refractivity contribution in [3.63, 3.8) is 0 Å². The van der Waals surface area contributed by atoms with Gasteiger partial charge in [0.2, 0.25) is 0 Å². The number of ether oxygens (including phenoxy) is 4. The number of Topliss-reactive ketones (excluding diaryl/α,β-unsaturated/α-hetero) is 1. The summed E-state index contributed by atoms with van der Waals surface area (Å²) in [5.74, 6) is 0.0418. The van der Waals surface area contributed by atoms with E-state index >= 15 is 0 Å². The normalized spacial score (nSPS) is 19.9. The molecule has 2 aliphatic heterocycles. The van der Waals surface area contributed by atoms with Crippen LogP contribution in [0.2, 0.25) is 0 Å². The van der Waals surface area contributed by atoms with Gasteiger partial charge in [-0.25, -0.2) is 0 Å². The molecule has 9 heteroatoms. The molecule has 0 aromatic heterocycles. The summed E-state index contributed by atoms with van der Waals surface area (Å²) in [5.41, 5.74) is 1.03. The Morgan fingerprint density at radius 3 is 2.30 bits per heavy atom. The Bertz CT molecular complexity index is 1150. The summed E-state index contributed by atoms with van der Waals surface area (Å²) in [4.78, 5) is 30.4. The van der Waals surface area contributed by atoms with E-state index in [1.165, 1.54) is 12.0 Å². The molecule has 4 rings (SSSR count). The molecule has 0 spiro atoms. The predicted octanol–water partition coefficient (Wildman–Crippen LogP) is 3.24. The molecule has 198 valence electrons. The Morgan fingerprint density at radius 1 is 1.00 bits per heavy atom. The Hall–Kier alpha value is -3.56. The van der Waals surface area contributed by atoms with Crippen LogP contribution in [0.1, 0.15) is 31.0 Å². The molecule has 2 aromatic carbocycles. The van der Waals surface area contributed by atoms with Crippen molar-refractivity contribution in [2.45, 2.75) is 26.0 Å². The molecule has 2 saturated heterocycles. The number of rotatable bonds is 9. The SMILES string of the molecule is COc1ccc(C2/C(=C(\O)c3ccc(OC(C)C)cc3)C(=O)C(=O)N2CCN2CCOCC2)c(OC)c1. The van der Waals surface area contributed by atoms with Crippen LogP contribution in [0.15, 0.2) is 48.0 Å². The highest BCUT2D eigenvalue weighted by molar-refractivity contribution is 6.46. The lowest BCUT2D eigenvalue weighted by Gasteiger charge is -2.31. The van der Waals surface area contributed by atoms with Crippen LogP contribution in [0.25, 0.3) is 5.76 Å². The maximum Gasteiger partial charge on any atom is 0.295 e. The summed E-state index contributed by atoms with van der Waals surface area (Å²) in [6.07, 6.45) is -0.00113. The second-order valence-electron chi connectivity index (χ2n) is 9.25. The van der Waals surface area contributed by atoms with Crippen LogP contribution in [0, 0.1) is 0 Å². The third-order valence-corrected chi connectivity index (χ3v) is 6.54. The minimum absolute atomic E-state index is 0.00113. The molecule has 1 amide bonds. The number of carbonyl (C=O) groups excluding carboxylic acids is 2. The van der Waals surface area contributed by atoms with Crippen LogP contribution < -0.4 is 14.2 Å². The Labute approximate surface area is 217 Å². The lowest BCUT2D eigenvalue weighted by atomic mass is 9.94. The fourth-order valence-corrected chi connectivity index (χ4v) is 4.67. The molecule has 1 atom stereocenters. The molecular weight excluding hydrogens is 476 g/mol. The van der Waals surface area contributed by atoms with Crippen LogP contribution >= 0.6 is 0 Å². The van der Waals surface area contributed by atoms with Crippen molar-refractivity contribution in [3.8, 4) is 17.2 Å². The van der Waals surface area contributed by atoms with Gasteiger partial charge in [0.15, 0.2) is 0 Å². The van der Waals surface area contributed by atoms with E-state index in [0.29, 0.717) is 54.7 Å². The number of aliphatic hydroxyl groups excluding tert-OH is 1. The molecule has 0 aliphatic carbocycles. The molecule has 2 fully saturated rings. The van der Waals surface area contributed by atoms with Crippen molar-refractivity contribution < 1.29 is 33.6 Å². The zero-order valence-electron chi connectivity index (χ0n) is 21.7. The third kappa shape index (κ3) is 5.73. The monoisotopic (exact) mass is 510 g/mol. The fourth-order valence-electron chi connectivity index (χ4n) is 4.67. The number of hydrogen-bond acceptors (Lipinski definition) is 8. The topological polar surface area (TPSA) is 97.8 Å². The summed E-state index contributed by atoms with van der Waals surface area (Å²) >= 11 is 0. The third-order valence-electron chi connectivity index (χ3n) is 6.54. The number of aliphatic hydroxyl groups is 1. The van der Waals surface area contributed by atoms with E-state index in [1.807, 2.05) is 13.8 Å². The van der Waals surface area contributed by atoms with Gasteiger partial charge in [-0.15, -0.1) is 0 Å². The minimum Gasteiger partial charge on any atom is -0.507 e. The smallest absolute Gasteiger partial charge is 0.295 e. The van der Waals surface area contributed by atoms with Gasteiger partial charge in [-0.1, -0.05) is 0 Å². The Kier molecular flexibility index (Phi) is 8.35. The van der Waals surface area contributed by atoms with Gasteiger partial charge < -0.3 is 29.0 Å². The van der Waals surface area contributed by atoms with Crippen LogP contribution in [0.4, 0.5) is 0 Å². The van der Waals surface area contributed by atoms with Crippen LogP contribution in [-0.2, 0) is 14.3 Å². The lowest BCUT2D eigenvalue weighted by molar-refractivity contribution is -0.140. The van der Waals surface area contributed by atoms with E-state index in [-0.39, 0.29) is 17.4 Å². The fraction of sp³-hybridized carbons (Fsp3) is 0.429. The number of carbonyl (C=O) groups is 2. The molecule has 9 nitrogen and oxygen atoms in total. The number of amides is 1. The highest BCUT2D eigenvalue weighted by atomic mass is 16.5. The summed E-state index contributed by atoms with van der Waals surface area (Å²) in [7, 11) is 3.07. The Balaban J connectivity index is 1.76. The van der Waals surface area contributed by atoms with E-state index in [1.54, 1.807) is 49.6 Å². The number of hydrogen-bond donors (Lipinski definition) is 1. The lowest BCUT2D eigenvalue weighted by Crippen LogP contribution is -2.42. The molecule has 37 heavy (non-hydrogen) atoms. The van der Waals surface area contributed by atoms with Gasteiger partial charge in [-0.3, -0.25) is 14.5 Å². The quantitative estimate of drug-likeness (QED) is 0.312. The van der Waals surface area contributed by atoms with Crippen molar-refractivity contribution in [1.82, 2.24) is 9.80 Å². The van der Waals surface area contributed by atoms with Crippen molar-refractivity contribution in [1.29, 1.82) is 0 Å². The number of benzene rings is 2. The zero-order chi connectivity index (χ0) is 26.5. The van der Waals surface area contributed by atoms with E-state index in [0.717, 1.165) is 13.1 Å². The largest absolute Gasteiger partial charge is 0.507 e. The first kappa shape index (κ1) is 26.5. The van der Waals surface area contributed by atoms with Gasteiger partial charge in [-0.2, -0.15) is 0 Å². The molecule has 0 bridgehead atoms. The maximum absolute atomic E-state index is 13.4. The van der Waals surface area contributed by atoms with Crippen molar-refractivity contribution in [3.05, 3.63) is 59.2 Å². The van der Waals surface area contributed by atoms with Gasteiger partial charge in [-0.05, 0) is 50.2 Å². The van der Waals surface area contributed by atoms with Gasteiger partial charge in [0.1, 0.15) is 23.0 Å². The molecule has 2 aliphatic rings. The number of likely N-dealkylation sites (tertiary alicyclic amines) is 1. The van der Waals surface area contributed by atoms with E-state index in [9.17, 15) is 14.7 Å². The van der Waals surface area contributed by atoms with Gasteiger partial charge in [0.05, 0.1) is 45.2 Å². The minimum atomic E-state index is -0.825. The summed E-state index contributed by atoms with van der Waals surface area (Å²) in [5, 5.41) is 11.4. The number of nitrogens with zero attached hydrogens (tertiary/aromatic N) is 2. The van der Waals surface area contributed by atoms with Crippen molar-refractivity contribution >= 4 is 17.4 Å². The first-order valence-electron chi connectivity index (χ1n) is 12.4. The standard InChI is InChI=1S/C28H34N2O7/c1-18(2)37-20-7-5-19(6-8-20)26(31)24-25(22-10-9-21(34-3)17-23(22)35-4)30(28(33)27(24)32)12-11-29-13-15-36-16-14-29/h5-10,17-18,25,31H,11-16H2,1-4H3/b26-24+. The first-order chi connectivity index (χ1) is 17.8. The average Bonchev–Trinajstić information content (AvgIpc) is 3.16. The second kappa shape index (κ2) is 11.7. The molecule has 1 N–H and O–H groups in total. The molecule has 1 unspecified atom stereocenters. The molecule has 0 saturated carbocycles. The van der Waals surface area contributed by atoms with Gasteiger partial charge in [0.25, 0.3) is 11.7 Å². The van der Waals surface area contributed by atoms with Gasteiger partial charge in [0, 0.05) is 43.4 Å². The molecule has 2 aromatic rings. The van der Waals surface area contributed by atoms with Crippen LogP contribution in [0.5, 0.6) is 17.2 Å². The predicted molar refractivity (Wildman–Crippen MR) is 138 cm³/mol. The van der Waals surface area contributed by atoms with Crippen LogP contribution in [-0.4, -0.2) is 86.3 Å². The van der Waals surface area contributed by atoms with Gasteiger partial charge >= 0.3 is 0 Å². The summed E-state index contributed by atoms with van der Waals surface area (Å²) in [6, 6.07) is 11.2. The first-order valence-corrected chi connectivity index (χ1v) is 12.4. The number of methoxy groups -OCH3 is 2. The van der Waals surface area contributed by atoms with Crippen molar-refractivity contribution in [2.75, 3.05) is 53.6 Å². The van der Waals surface area contributed by atoms with Crippen molar-refractivity contribution in [2.24, 2.45) is 0 Å².